The first-order valence-electron chi connectivity index (χ1n) is 12.3. The van der Waals surface area contributed by atoms with E-state index in [2.05, 4.69) is 25.6 Å². The molecule has 0 saturated heterocycles. The molecule has 0 aliphatic rings. The number of nitrogens with zero attached hydrogens (tertiary/aromatic N) is 1. The van der Waals surface area contributed by atoms with Crippen LogP contribution in [0.2, 0.25) is 10.2 Å². The molecule has 5 aromatic rings. The fraction of sp³-hybridized carbons (Fsp3) is 0.138. The summed E-state index contributed by atoms with van der Waals surface area (Å²) in [6.07, 6.45) is 0.386. The van der Waals surface area contributed by atoms with Gasteiger partial charge in [0, 0.05) is 34.1 Å². The predicted molar refractivity (Wildman–Crippen MR) is 153 cm³/mol. The number of aromatic nitrogens is 3. The number of nitrogens with one attached hydrogen (secondary N) is 4. The summed E-state index contributed by atoms with van der Waals surface area (Å²) in [6, 6.07) is 17.6. The number of carbonyl (C=O) groups is 1. The van der Waals surface area contributed by atoms with Crippen LogP contribution in [0.1, 0.15) is 28.6 Å². The van der Waals surface area contributed by atoms with Gasteiger partial charge in [0.25, 0.3) is 5.56 Å². The summed E-state index contributed by atoms with van der Waals surface area (Å²) in [4.78, 5) is 35.0. The van der Waals surface area contributed by atoms with Crippen LogP contribution >= 0.6 is 23.2 Å². The van der Waals surface area contributed by atoms with E-state index in [1.54, 1.807) is 37.3 Å². The van der Waals surface area contributed by atoms with E-state index in [1.165, 1.54) is 0 Å². The number of rotatable bonds is 7. The zero-order valence-corrected chi connectivity index (χ0v) is 22.7. The van der Waals surface area contributed by atoms with E-state index in [9.17, 15) is 19.1 Å². The molecule has 5 rings (SSSR count). The molecule has 40 heavy (non-hydrogen) atoms. The molecular weight excluding hydrogens is 556 g/mol. The molecule has 1 atom stereocenters. The summed E-state index contributed by atoms with van der Waals surface area (Å²) in [7, 11) is 0. The highest BCUT2D eigenvalue weighted by atomic mass is 35.5. The second-order valence-corrected chi connectivity index (χ2v) is 10.1. The molecule has 0 aliphatic carbocycles. The van der Waals surface area contributed by atoms with Crippen LogP contribution < -0.4 is 16.2 Å². The lowest BCUT2D eigenvalue weighted by molar-refractivity contribution is 0.236. The maximum atomic E-state index is 14.6. The number of benzene rings is 3. The average Bonchev–Trinajstić information content (AvgIpc) is 3.32. The third-order valence-electron chi connectivity index (χ3n) is 6.50. The van der Waals surface area contributed by atoms with E-state index >= 15 is 0 Å². The average molecular weight is 580 g/mol. The number of halogens is 3. The van der Waals surface area contributed by atoms with E-state index in [-0.39, 0.29) is 28.0 Å². The third-order valence-corrected chi connectivity index (χ3v) is 7.12. The summed E-state index contributed by atoms with van der Waals surface area (Å²) in [5, 5.41) is 16.7. The number of aryl methyl sites for hydroxylation is 1. The van der Waals surface area contributed by atoms with Gasteiger partial charge in [-0.1, -0.05) is 65.7 Å². The molecule has 0 spiro atoms. The Balaban J connectivity index is 1.42. The van der Waals surface area contributed by atoms with Crippen molar-refractivity contribution in [1.82, 2.24) is 25.6 Å². The number of H-pyrrole nitrogens is 2. The number of hydrogen-bond donors (Lipinski definition) is 5. The molecule has 8 nitrogen and oxygen atoms in total. The zero-order chi connectivity index (χ0) is 28.4. The highest BCUT2D eigenvalue weighted by molar-refractivity contribution is 6.32. The Morgan fingerprint density at radius 3 is 2.62 bits per heavy atom. The number of carbonyl (C=O) groups excluding carboxylic acids is 1. The number of imidazole rings is 1. The summed E-state index contributed by atoms with van der Waals surface area (Å²) < 4.78 is 14.6. The van der Waals surface area contributed by atoms with Gasteiger partial charge in [-0.25, -0.2) is 14.2 Å². The first-order valence-corrected chi connectivity index (χ1v) is 13.1. The first kappa shape index (κ1) is 27.2. The SMILES string of the molecule is Cc1ccc(Cl)c(CNC(=O)NC(Cc2ccccc2)c2nc(-c3ccc4[nH]c(=O)cc(O)c4c3)c(Cl)[nH]2)c1F. The van der Waals surface area contributed by atoms with Crippen LogP contribution in [0.3, 0.4) is 0 Å². The van der Waals surface area contributed by atoms with Crippen LogP contribution in [-0.2, 0) is 13.0 Å². The fourth-order valence-corrected chi connectivity index (χ4v) is 4.89. The lowest BCUT2D eigenvalue weighted by Crippen LogP contribution is -2.39. The van der Waals surface area contributed by atoms with Gasteiger partial charge in [0.05, 0.1) is 11.6 Å². The second-order valence-electron chi connectivity index (χ2n) is 9.29. The summed E-state index contributed by atoms with van der Waals surface area (Å²) in [6.45, 7) is 1.52. The van der Waals surface area contributed by atoms with Gasteiger partial charge in [0.2, 0.25) is 0 Å². The Kier molecular flexibility index (Phi) is 7.77. The van der Waals surface area contributed by atoms with Crippen LogP contribution in [0, 0.1) is 12.7 Å². The van der Waals surface area contributed by atoms with Gasteiger partial charge in [-0.15, -0.1) is 0 Å². The summed E-state index contributed by atoms with van der Waals surface area (Å²) in [5.41, 5.74) is 2.60. The number of urea groups is 1. The minimum atomic E-state index is -0.628. The Labute approximate surface area is 238 Å². The molecule has 5 N–H and O–H groups in total. The zero-order valence-electron chi connectivity index (χ0n) is 21.2. The van der Waals surface area contributed by atoms with Crippen molar-refractivity contribution in [2.75, 3.05) is 0 Å². The second kappa shape index (κ2) is 11.4. The van der Waals surface area contributed by atoms with Crippen LogP contribution in [0.5, 0.6) is 5.75 Å². The van der Waals surface area contributed by atoms with Gasteiger partial charge in [0.1, 0.15) is 28.2 Å². The van der Waals surface area contributed by atoms with E-state index in [1.807, 2.05) is 30.3 Å². The smallest absolute Gasteiger partial charge is 0.315 e. The molecule has 11 heteroatoms. The van der Waals surface area contributed by atoms with E-state index < -0.39 is 23.4 Å². The van der Waals surface area contributed by atoms with Gasteiger partial charge in [-0.2, -0.15) is 0 Å². The quantitative estimate of drug-likeness (QED) is 0.158. The number of amides is 2. The lowest BCUT2D eigenvalue weighted by atomic mass is 10.1. The van der Waals surface area contributed by atoms with Gasteiger partial charge in [0.15, 0.2) is 0 Å². The van der Waals surface area contributed by atoms with Crippen molar-refractivity contribution in [2.45, 2.75) is 25.9 Å². The number of hydrogen-bond acceptors (Lipinski definition) is 4. The van der Waals surface area contributed by atoms with E-state index in [0.29, 0.717) is 40.0 Å². The Bertz CT molecular complexity index is 1770. The molecule has 2 amide bonds. The molecular formula is C29H24Cl2FN5O3. The standard InChI is InChI=1S/C29H24Cl2FN5O3/c1-15-7-9-20(30)19(25(15)32)14-33-29(40)35-22(11-16-5-3-2-4-6-16)28-36-26(27(31)37-28)17-8-10-21-18(12-17)23(38)13-24(39)34-21/h2-10,12-13,22H,11,14H2,1H3,(H,36,37)(H2,33,35,40)(H2,34,38,39). The van der Waals surface area contributed by atoms with Crippen LogP contribution in [0.4, 0.5) is 9.18 Å². The van der Waals surface area contributed by atoms with Crippen LogP contribution in [-0.4, -0.2) is 26.1 Å². The number of fused-ring (bicyclic) bond motifs is 1. The largest absolute Gasteiger partial charge is 0.507 e. The Morgan fingerprint density at radius 1 is 1.07 bits per heavy atom. The number of aromatic hydroxyl groups is 1. The minimum absolute atomic E-state index is 0.108. The van der Waals surface area contributed by atoms with Crippen molar-refractivity contribution in [3.05, 3.63) is 116 Å². The van der Waals surface area contributed by atoms with E-state index in [0.717, 1.165) is 11.6 Å². The number of pyridine rings is 1. The Hall–Kier alpha value is -4.34. The molecule has 204 valence electrons. The number of aromatic amines is 2. The van der Waals surface area contributed by atoms with Gasteiger partial charge in [-0.3, -0.25) is 4.79 Å². The molecule has 0 saturated carbocycles. The van der Waals surface area contributed by atoms with Crippen LogP contribution in [0.15, 0.2) is 71.5 Å². The van der Waals surface area contributed by atoms with Crippen molar-refractivity contribution in [2.24, 2.45) is 0 Å². The van der Waals surface area contributed by atoms with Gasteiger partial charge in [-0.05, 0) is 42.7 Å². The van der Waals surface area contributed by atoms with Crippen molar-refractivity contribution in [3.8, 4) is 17.0 Å². The fourth-order valence-electron chi connectivity index (χ4n) is 4.43. The van der Waals surface area contributed by atoms with Gasteiger partial charge >= 0.3 is 6.03 Å². The van der Waals surface area contributed by atoms with Crippen molar-refractivity contribution >= 4 is 40.1 Å². The van der Waals surface area contributed by atoms with Crippen molar-refractivity contribution < 1.29 is 14.3 Å². The maximum Gasteiger partial charge on any atom is 0.315 e. The molecule has 0 aliphatic heterocycles. The predicted octanol–water partition coefficient (Wildman–Crippen LogP) is 6.16. The highest BCUT2D eigenvalue weighted by Gasteiger charge is 2.22. The van der Waals surface area contributed by atoms with E-state index in [4.69, 9.17) is 23.2 Å². The monoisotopic (exact) mass is 579 g/mol. The molecule has 1 unspecified atom stereocenters. The normalized spacial score (nSPS) is 11.9. The van der Waals surface area contributed by atoms with Gasteiger partial charge < -0.3 is 25.7 Å². The Morgan fingerprint density at radius 2 is 1.85 bits per heavy atom. The topological polar surface area (TPSA) is 123 Å². The summed E-state index contributed by atoms with van der Waals surface area (Å²) >= 11 is 12.7. The van der Waals surface area contributed by atoms with Crippen LogP contribution in [0.25, 0.3) is 22.2 Å². The molecule has 0 fully saturated rings. The minimum Gasteiger partial charge on any atom is -0.507 e. The summed E-state index contributed by atoms with van der Waals surface area (Å²) in [5.74, 6) is -0.246. The molecule has 0 bridgehead atoms. The van der Waals surface area contributed by atoms with Crippen molar-refractivity contribution in [3.63, 3.8) is 0 Å². The molecule has 2 aromatic heterocycles. The molecule has 2 heterocycles. The lowest BCUT2D eigenvalue weighted by Gasteiger charge is -2.18. The highest BCUT2D eigenvalue weighted by Crippen LogP contribution is 2.32. The third kappa shape index (κ3) is 5.80. The van der Waals surface area contributed by atoms with Crippen molar-refractivity contribution in [1.29, 1.82) is 0 Å². The molecule has 0 radical (unpaired) electrons. The molecule has 3 aromatic carbocycles. The first-order chi connectivity index (χ1) is 19.2. The maximum absolute atomic E-state index is 14.6.